The van der Waals surface area contributed by atoms with Crippen molar-refractivity contribution >= 4 is 11.9 Å². The van der Waals surface area contributed by atoms with Gasteiger partial charge < -0.3 is 9.84 Å². The lowest BCUT2D eigenvalue weighted by atomic mass is 10.1. The van der Waals surface area contributed by atoms with E-state index in [0.717, 1.165) is 12.0 Å². The number of esters is 1. The minimum Gasteiger partial charge on any atom is -0.478 e. The fraction of sp³-hybridized carbons (Fsp3) is 0.333. The van der Waals surface area contributed by atoms with Gasteiger partial charge in [-0.1, -0.05) is 12.1 Å². The van der Waals surface area contributed by atoms with Gasteiger partial charge in [0.05, 0.1) is 18.6 Å². The Morgan fingerprint density at radius 3 is 2.44 bits per heavy atom. The molecular weight excluding hydrogens is 208 g/mol. The summed E-state index contributed by atoms with van der Waals surface area (Å²) in [4.78, 5) is 21.9. The third-order valence-electron chi connectivity index (χ3n) is 2.88. The normalized spacial score (nSPS) is 22.6. The molecular formula is C12H12O4. The van der Waals surface area contributed by atoms with E-state index in [0.29, 0.717) is 0 Å². The van der Waals surface area contributed by atoms with Gasteiger partial charge in [-0.3, -0.25) is 4.79 Å². The summed E-state index contributed by atoms with van der Waals surface area (Å²) in [6.45, 7) is 0. The number of methoxy groups -OCH3 is 1. The van der Waals surface area contributed by atoms with E-state index in [2.05, 4.69) is 4.74 Å². The smallest absolute Gasteiger partial charge is 0.335 e. The van der Waals surface area contributed by atoms with Crippen molar-refractivity contribution in [2.45, 2.75) is 12.3 Å². The largest absolute Gasteiger partial charge is 0.478 e. The first kappa shape index (κ1) is 10.7. The molecule has 0 radical (unpaired) electrons. The molecule has 4 nitrogen and oxygen atoms in total. The zero-order valence-electron chi connectivity index (χ0n) is 8.84. The van der Waals surface area contributed by atoms with E-state index >= 15 is 0 Å². The lowest BCUT2D eigenvalue weighted by Crippen LogP contribution is -2.04. The van der Waals surface area contributed by atoms with Crippen LogP contribution in [0.15, 0.2) is 24.3 Å². The molecule has 1 saturated carbocycles. The van der Waals surface area contributed by atoms with E-state index in [1.54, 1.807) is 24.3 Å². The summed E-state index contributed by atoms with van der Waals surface area (Å²) in [5.74, 6) is -0.991. The van der Waals surface area contributed by atoms with Crippen LogP contribution in [0.5, 0.6) is 0 Å². The molecule has 16 heavy (non-hydrogen) atoms. The quantitative estimate of drug-likeness (QED) is 0.787. The zero-order chi connectivity index (χ0) is 11.7. The topological polar surface area (TPSA) is 63.6 Å². The van der Waals surface area contributed by atoms with Gasteiger partial charge >= 0.3 is 11.9 Å². The highest BCUT2D eigenvalue weighted by atomic mass is 16.5. The van der Waals surface area contributed by atoms with Crippen molar-refractivity contribution in [2.24, 2.45) is 5.92 Å². The first-order chi connectivity index (χ1) is 7.63. The third-order valence-corrected chi connectivity index (χ3v) is 2.88. The average molecular weight is 220 g/mol. The minimum atomic E-state index is -0.938. The third kappa shape index (κ3) is 1.91. The Bertz CT molecular complexity index is 421. The lowest BCUT2D eigenvalue weighted by molar-refractivity contribution is -0.142. The predicted octanol–water partition coefficient (Wildman–Crippen LogP) is 1.66. The first-order valence-corrected chi connectivity index (χ1v) is 5.04. The highest BCUT2D eigenvalue weighted by Gasteiger charge is 2.44. The minimum absolute atomic E-state index is 0.0549. The van der Waals surface area contributed by atoms with Crippen LogP contribution >= 0.6 is 0 Å². The molecule has 0 aliphatic heterocycles. The van der Waals surface area contributed by atoms with E-state index < -0.39 is 5.97 Å². The van der Waals surface area contributed by atoms with E-state index in [1.165, 1.54) is 7.11 Å². The summed E-state index contributed by atoms with van der Waals surface area (Å²) in [5, 5.41) is 8.73. The van der Waals surface area contributed by atoms with Crippen LogP contribution in [0, 0.1) is 5.92 Å². The van der Waals surface area contributed by atoms with Crippen molar-refractivity contribution in [2.75, 3.05) is 7.11 Å². The van der Waals surface area contributed by atoms with Crippen LogP contribution in [-0.2, 0) is 9.53 Å². The molecule has 1 aromatic carbocycles. The molecule has 1 N–H and O–H groups in total. The number of hydrogen-bond acceptors (Lipinski definition) is 3. The second-order valence-corrected chi connectivity index (χ2v) is 3.90. The van der Waals surface area contributed by atoms with Crippen LogP contribution in [0.1, 0.15) is 28.3 Å². The fourth-order valence-electron chi connectivity index (χ4n) is 1.85. The SMILES string of the molecule is COC(=O)[C@@H]1C[C@H]1c1ccc(C(=O)O)cc1. The molecule has 84 valence electrons. The Morgan fingerprint density at radius 2 is 1.94 bits per heavy atom. The monoisotopic (exact) mass is 220 g/mol. The lowest BCUT2D eigenvalue weighted by Gasteiger charge is -2.00. The van der Waals surface area contributed by atoms with Crippen molar-refractivity contribution < 1.29 is 19.4 Å². The van der Waals surface area contributed by atoms with Crippen molar-refractivity contribution in [3.05, 3.63) is 35.4 Å². The highest BCUT2D eigenvalue weighted by molar-refractivity contribution is 5.87. The number of carboxylic acids is 1. The Morgan fingerprint density at radius 1 is 1.31 bits per heavy atom. The van der Waals surface area contributed by atoms with Gasteiger partial charge in [0.25, 0.3) is 0 Å². The summed E-state index contributed by atoms with van der Waals surface area (Å²) < 4.78 is 4.65. The summed E-state index contributed by atoms with van der Waals surface area (Å²) in [5.41, 5.74) is 1.26. The molecule has 4 heteroatoms. The molecule has 0 aromatic heterocycles. The number of carboxylic acid groups (broad SMARTS) is 1. The molecule has 2 atom stereocenters. The number of benzene rings is 1. The standard InChI is InChI=1S/C12H12O4/c1-16-12(15)10-6-9(10)7-2-4-8(5-3-7)11(13)14/h2-5,9-10H,6H2,1H3,(H,13,14)/t9-,10+/m0/s1. The van der Waals surface area contributed by atoms with E-state index in [1.807, 2.05) is 0 Å². The molecule has 1 aliphatic rings. The van der Waals surface area contributed by atoms with Crippen LogP contribution in [0.2, 0.25) is 0 Å². The van der Waals surface area contributed by atoms with Crippen molar-refractivity contribution in [1.29, 1.82) is 0 Å². The average Bonchev–Trinajstić information content (AvgIpc) is 3.08. The summed E-state index contributed by atoms with van der Waals surface area (Å²) in [6.07, 6.45) is 0.791. The van der Waals surface area contributed by atoms with E-state index in [9.17, 15) is 9.59 Å². The number of hydrogen-bond donors (Lipinski definition) is 1. The van der Waals surface area contributed by atoms with Crippen molar-refractivity contribution in [1.82, 2.24) is 0 Å². The molecule has 0 amide bonds. The fourth-order valence-corrected chi connectivity index (χ4v) is 1.85. The van der Waals surface area contributed by atoms with Gasteiger partial charge in [0, 0.05) is 0 Å². The molecule has 0 heterocycles. The number of aromatic carboxylic acids is 1. The zero-order valence-corrected chi connectivity index (χ0v) is 8.84. The van der Waals surface area contributed by atoms with Crippen LogP contribution in [0.3, 0.4) is 0 Å². The molecule has 0 saturated heterocycles. The van der Waals surface area contributed by atoms with Crippen LogP contribution in [-0.4, -0.2) is 24.2 Å². The van der Waals surface area contributed by atoms with Gasteiger partial charge in [-0.2, -0.15) is 0 Å². The van der Waals surface area contributed by atoms with Gasteiger partial charge in [-0.25, -0.2) is 4.79 Å². The van der Waals surface area contributed by atoms with E-state index in [4.69, 9.17) is 5.11 Å². The number of carbonyl (C=O) groups is 2. The van der Waals surface area contributed by atoms with Crippen LogP contribution in [0.25, 0.3) is 0 Å². The maximum Gasteiger partial charge on any atom is 0.335 e. The molecule has 2 rings (SSSR count). The van der Waals surface area contributed by atoms with E-state index in [-0.39, 0.29) is 23.4 Å². The summed E-state index contributed by atoms with van der Waals surface area (Å²) in [7, 11) is 1.38. The second kappa shape index (κ2) is 3.96. The predicted molar refractivity (Wildman–Crippen MR) is 56.3 cm³/mol. The molecule has 0 spiro atoms. The maximum absolute atomic E-state index is 11.2. The molecule has 0 unspecified atom stereocenters. The van der Waals surface area contributed by atoms with Gasteiger partial charge in [-0.15, -0.1) is 0 Å². The molecule has 1 aromatic rings. The molecule has 1 fully saturated rings. The van der Waals surface area contributed by atoms with Gasteiger partial charge in [0.2, 0.25) is 0 Å². The first-order valence-electron chi connectivity index (χ1n) is 5.04. The second-order valence-electron chi connectivity index (χ2n) is 3.90. The maximum atomic E-state index is 11.2. The molecule has 0 bridgehead atoms. The number of ether oxygens (including phenoxy) is 1. The summed E-state index contributed by atoms with van der Waals surface area (Å²) >= 11 is 0. The Balaban J connectivity index is 2.07. The Kier molecular flexibility index (Phi) is 2.64. The molecule has 1 aliphatic carbocycles. The van der Waals surface area contributed by atoms with Crippen molar-refractivity contribution in [3.8, 4) is 0 Å². The summed E-state index contributed by atoms with van der Waals surface area (Å²) in [6, 6.07) is 6.64. The van der Waals surface area contributed by atoms with Gasteiger partial charge in [0.15, 0.2) is 0 Å². The van der Waals surface area contributed by atoms with Crippen molar-refractivity contribution in [3.63, 3.8) is 0 Å². The Labute approximate surface area is 92.8 Å². The van der Waals surface area contributed by atoms with Crippen LogP contribution < -0.4 is 0 Å². The van der Waals surface area contributed by atoms with Crippen LogP contribution in [0.4, 0.5) is 0 Å². The highest BCUT2D eigenvalue weighted by Crippen LogP contribution is 2.47. The number of rotatable bonds is 3. The number of carbonyl (C=O) groups excluding carboxylic acids is 1. The van der Waals surface area contributed by atoms with Gasteiger partial charge in [-0.05, 0) is 30.0 Å². The van der Waals surface area contributed by atoms with Gasteiger partial charge in [0.1, 0.15) is 0 Å². The Hall–Kier alpha value is -1.84.